The molecule has 0 aliphatic heterocycles. The molecule has 0 fully saturated rings. The number of hydrogen-bond acceptors (Lipinski definition) is 2. The summed E-state index contributed by atoms with van der Waals surface area (Å²) in [6, 6.07) is 9.34. The van der Waals surface area contributed by atoms with Crippen LogP contribution in [0, 0.1) is 0 Å². The van der Waals surface area contributed by atoms with Gasteiger partial charge in [0.2, 0.25) is 0 Å². The zero-order chi connectivity index (χ0) is 13.7. The molecular formula is C15H14N2O2. The minimum absolute atomic E-state index is 0.244. The Balaban J connectivity index is 2.63. The van der Waals surface area contributed by atoms with Gasteiger partial charge in [-0.05, 0) is 24.6 Å². The topological polar surface area (TPSA) is 65.7 Å². The quantitative estimate of drug-likeness (QED) is 0.806. The van der Waals surface area contributed by atoms with Crippen molar-refractivity contribution in [3.05, 3.63) is 79.5 Å². The van der Waals surface area contributed by atoms with E-state index in [0.29, 0.717) is 0 Å². The molecule has 0 saturated carbocycles. The third kappa shape index (κ3) is 3.19. The van der Waals surface area contributed by atoms with Crippen LogP contribution in [0.1, 0.15) is 12.5 Å². The molecule has 2 aromatic rings. The summed E-state index contributed by atoms with van der Waals surface area (Å²) in [5.74, 6) is 0. The molecule has 0 amide bonds. The molecule has 0 aliphatic carbocycles. The number of H-pyrrole nitrogens is 2. The summed E-state index contributed by atoms with van der Waals surface area (Å²) in [7, 11) is 0. The van der Waals surface area contributed by atoms with E-state index in [9.17, 15) is 9.59 Å². The van der Waals surface area contributed by atoms with Crippen LogP contribution in [-0.2, 0) is 0 Å². The molecule has 4 nitrogen and oxygen atoms in total. The zero-order valence-corrected chi connectivity index (χ0v) is 10.5. The molecule has 1 aromatic heterocycles. The number of nitrogens with one attached hydrogen (secondary N) is 2. The number of hydrogen-bond donors (Lipinski definition) is 2. The van der Waals surface area contributed by atoms with Gasteiger partial charge in [-0.3, -0.25) is 9.59 Å². The Kier molecular flexibility index (Phi) is 3.93. The Bertz CT molecular complexity index is 812. The van der Waals surface area contributed by atoms with Crippen molar-refractivity contribution in [2.24, 2.45) is 0 Å². The molecule has 2 N–H and O–H groups in total. The second-order valence-electron chi connectivity index (χ2n) is 3.98. The maximum Gasteiger partial charge on any atom is 0.272 e. The second kappa shape index (κ2) is 5.82. The second-order valence-corrected chi connectivity index (χ2v) is 3.98. The lowest BCUT2D eigenvalue weighted by Crippen LogP contribution is -2.46. The SMILES string of the molecule is C/C=C/C=c1/[nH]c(=O)/c(=C\c2ccccc2)[nH]c1=O. The molecule has 0 atom stereocenters. The minimum Gasteiger partial charge on any atom is -0.316 e. The maximum atomic E-state index is 11.9. The number of aromatic nitrogens is 2. The summed E-state index contributed by atoms with van der Waals surface area (Å²) in [5.41, 5.74) is 0.216. The van der Waals surface area contributed by atoms with Gasteiger partial charge in [0, 0.05) is 0 Å². The van der Waals surface area contributed by atoms with Crippen molar-refractivity contribution in [2.75, 3.05) is 0 Å². The van der Waals surface area contributed by atoms with E-state index in [4.69, 9.17) is 0 Å². The molecule has 0 radical (unpaired) electrons. The summed E-state index contributed by atoms with van der Waals surface area (Å²) in [4.78, 5) is 28.8. The van der Waals surface area contributed by atoms with E-state index in [-0.39, 0.29) is 21.8 Å². The third-order valence-corrected chi connectivity index (χ3v) is 2.55. The van der Waals surface area contributed by atoms with Crippen molar-refractivity contribution in [1.82, 2.24) is 9.97 Å². The van der Waals surface area contributed by atoms with Gasteiger partial charge in [0.05, 0.1) is 0 Å². The Labute approximate surface area is 109 Å². The van der Waals surface area contributed by atoms with Crippen LogP contribution >= 0.6 is 0 Å². The normalized spacial score (nSPS) is 13.3. The fourth-order valence-corrected chi connectivity index (χ4v) is 1.62. The van der Waals surface area contributed by atoms with E-state index in [1.165, 1.54) is 0 Å². The van der Waals surface area contributed by atoms with Crippen molar-refractivity contribution in [3.63, 3.8) is 0 Å². The largest absolute Gasteiger partial charge is 0.316 e. The van der Waals surface area contributed by atoms with Gasteiger partial charge < -0.3 is 9.97 Å². The van der Waals surface area contributed by atoms with E-state index in [1.54, 1.807) is 24.3 Å². The summed E-state index contributed by atoms with van der Waals surface area (Å²) < 4.78 is 0. The Hall–Kier alpha value is -2.62. The van der Waals surface area contributed by atoms with E-state index >= 15 is 0 Å². The number of allylic oxidation sites excluding steroid dienone is 2. The van der Waals surface area contributed by atoms with Crippen LogP contribution < -0.4 is 21.8 Å². The average Bonchev–Trinajstić information content (AvgIpc) is 2.42. The molecule has 0 unspecified atom stereocenters. The van der Waals surface area contributed by atoms with Gasteiger partial charge in [0.1, 0.15) is 10.7 Å². The van der Waals surface area contributed by atoms with Crippen LogP contribution in [0.15, 0.2) is 52.1 Å². The highest BCUT2D eigenvalue weighted by Crippen LogP contribution is 1.96. The van der Waals surface area contributed by atoms with Gasteiger partial charge in [0.25, 0.3) is 11.1 Å². The van der Waals surface area contributed by atoms with Crippen molar-refractivity contribution in [2.45, 2.75) is 6.92 Å². The highest BCUT2D eigenvalue weighted by molar-refractivity contribution is 5.47. The number of aromatic amines is 2. The molecule has 1 aromatic carbocycles. The standard InChI is InChI=1S/C15H14N2O2/c1-2-3-9-12-14(18)17-13(15(19)16-12)10-11-7-5-4-6-8-11/h2-10H,1H3,(H,16,19)(H,17,18)/b3-2+,12-9+,13-10+. The summed E-state index contributed by atoms with van der Waals surface area (Å²) in [6.07, 6.45) is 6.68. The molecule has 0 saturated heterocycles. The van der Waals surface area contributed by atoms with Crippen LogP contribution in [0.2, 0.25) is 0 Å². The van der Waals surface area contributed by atoms with Gasteiger partial charge in [-0.25, -0.2) is 0 Å². The lowest BCUT2D eigenvalue weighted by molar-refractivity contribution is 1.00. The van der Waals surface area contributed by atoms with E-state index in [0.717, 1.165) is 5.56 Å². The van der Waals surface area contributed by atoms with E-state index < -0.39 is 0 Å². The molecule has 0 spiro atoms. The minimum atomic E-state index is -0.320. The van der Waals surface area contributed by atoms with Crippen LogP contribution in [0.5, 0.6) is 0 Å². The highest BCUT2D eigenvalue weighted by Gasteiger charge is 1.94. The maximum absolute atomic E-state index is 11.9. The van der Waals surface area contributed by atoms with Gasteiger partial charge in [0.15, 0.2) is 0 Å². The van der Waals surface area contributed by atoms with Crippen molar-refractivity contribution in [1.29, 1.82) is 0 Å². The number of benzene rings is 1. The molecule has 4 heteroatoms. The average molecular weight is 254 g/mol. The molecule has 0 bridgehead atoms. The van der Waals surface area contributed by atoms with Crippen molar-refractivity contribution < 1.29 is 0 Å². The summed E-state index contributed by atoms with van der Waals surface area (Å²) in [5, 5.41) is 0.488. The molecule has 2 rings (SSSR count). The first-order valence-corrected chi connectivity index (χ1v) is 5.93. The predicted molar refractivity (Wildman–Crippen MR) is 76.2 cm³/mol. The highest BCUT2D eigenvalue weighted by atomic mass is 16.1. The van der Waals surface area contributed by atoms with Crippen LogP contribution in [0.4, 0.5) is 0 Å². The van der Waals surface area contributed by atoms with Crippen LogP contribution in [-0.4, -0.2) is 9.97 Å². The Morgan fingerprint density at radius 3 is 2.26 bits per heavy atom. The lowest BCUT2D eigenvalue weighted by atomic mass is 10.2. The van der Waals surface area contributed by atoms with Crippen molar-refractivity contribution in [3.8, 4) is 0 Å². The van der Waals surface area contributed by atoms with Crippen LogP contribution in [0.25, 0.3) is 12.2 Å². The summed E-state index contributed by atoms with van der Waals surface area (Å²) in [6.45, 7) is 1.83. The van der Waals surface area contributed by atoms with Crippen molar-refractivity contribution >= 4 is 12.2 Å². The van der Waals surface area contributed by atoms with Gasteiger partial charge >= 0.3 is 0 Å². The lowest BCUT2D eigenvalue weighted by Gasteiger charge is -1.92. The fraction of sp³-hybridized carbons (Fsp3) is 0.0667. The summed E-state index contributed by atoms with van der Waals surface area (Å²) >= 11 is 0. The third-order valence-electron chi connectivity index (χ3n) is 2.55. The smallest absolute Gasteiger partial charge is 0.272 e. The first-order valence-electron chi connectivity index (χ1n) is 5.93. The monoisotopic (exact) mass is 254 g/mol. The van der Waals surface area contributed by atoms with Crippen LogP contribution in [0.3, 0.4) is 0 Å². The predicted octanol–water partition coefficient (Wildman–Crippen LogP) is 0.249. The number of rotatable bonds is 2. The molecule has 1 heterocycles. The fourth-order valence-electron chi connectivity index (χ4n) is 1.62. The zero-order valence-electron chi connectivity index (χ0n) is 10.5. The van der Waals surface area contributed by atoms with Gasteiger partial charge in [-0.1, -0.05) is 42.5 Å². The molecule has 19 heavy (non-hydrogen) atoms. The van der Waals surface area contributed by atoms with Gasteiger partial charge in [-0.2, -0.15) is 0 Å². The van der Waals surface area contributed by atoms with E-state index in [2.05, 4.69) is 9.97 Å². The molecular weight excluding hydrogens is 240 g/mol. The molecule has 0 aliphatic rings. The van der Waals surface area contributed by atoms with Gasteiger partial charge in [-0.15, -0.1) is 0 Å². The van der Waals surface area contributed by atoms with E-state index in [1.807, 2.05) is 37.3 Å². The first-order chi connectivity index (χ1) is 9.20. The Morgan fingerprint density at radius 2 is 1.58 bits per heavy atom. The first kappa shape index (κ1) is 12.8. The molecule has 96 valence electrons. The Morgan fingerprint density at radius 1 is 0.947 bits per heavy atom.